The summed E-state index contributed by atoms with van der Waals surface area (Å²) in [6.07, 6.45) is 2.32. The summed E-state index contributed by atoms with van der Waals surface area (Å²) in [7, 11) is 0. The van der Waals surface area contributed by atoms with Crippen molar-refractivity contribution in [2.45, 2.75) is 25.6 Å². The third-order valence-electron chi connectivity index (χ3n) is 2.18. The zero-order valence-electron chi connectivity index (χ0n) is 8.56. The topological polar surface area (TPSA) is 12.0 Å². The Labute approximate surface area is 93.5 Å². The van der Waals surface area contributed by atoms with Crippen LogP contribution < -0.4 is 5.32 Å². The molecular weight excluding hydrogens is 220 g/mol. The van der Waals surface area contributed by atoms with E-state index in [-0.39, 0.29) is 16.9 Å². The van der Waals surface area contributed by atoms with E-state index in [0.29, 0.717) is 18.5 Å². The van der Waals surface area contributed by atoms with Gasteiger partial charge in [0, 0.05) is 17.6 Å². The molecule has 84 valence electrons. The van der Waals surface area contributed by atoms with Gasteiger partial charge in [-0.1, -0.05) is 18.2 Å². The Morgan fingerprint density at radius 3 is 2.67 bits per heavy atom. The molecule has 1 rings (SSSR count). The highest BCUT2D eigenvalue weighted by Crippen LogP contribution is 2.19. The molecule has 0 radical (unpaired) electrons. The molecule has 1 aliphatic rings. The molecule has 1 saturated heterocycles. The van der Waals surface area contributed by atoms with Crippen molar-refractivity contribution in [2.24, 2.45) is 0 Å². The van der Waals surface area contributed by atoms with Crippen LogP contribution in [0.4, 0.5) is 8.78 Å². The predicted molar refractivity (Wildman–Crippen MR) is 59.2 cm³/mol. The number of rotatable bonds is 3. The van der Waals surface area contributed by atoms with E-state index in [2.05, 4.69) is 11.9 Å². The summed E-state index contributed by atoms with van der Waals surface area (Å²) in [6, 6.07) is -0.0953. The molecule has 1 aliphatic heterocycles. The highest BCUT2D eigenvalue weighted by atomic mass is 35.5. The van der Waals surface area contributed by atoms with Crippen LogP contribution in [-0.2, 0) is 0 Å². The number of hydrogen-bond acceptors (Lipinski definition) is 1. The molecule has 2 atom stereocenters. The van der Waals surface area contributed by atoms with Gasteiger partial charge >= 0.3 is 0 Å². The number of alkyl halides is 1. The molecule has 0 bridgehead atoms. The fourth-order valence-corrected chi connectivity index (χ4v) is 1.77. The van der Waals surface area contributed by atoms with Gasteiger partial charge in [-0.15, -0.1) is 0 Å². The van der Waals surface area contributed by atoms with Gasteiger partial charge in [-0.2, -0.15) is 0 Å². The predicted octanol–water partition coefficient (Wildman–Crippen LogP) is 3.24. The SMILES string of the molecule is C=C(/C=C(Cl)\C=C(/C)F)[C@H]1C[C@H](F)CN1. The number of hydrogen-bond donors (Lipinski definition) is 1. The molecule has 4 heteroatoms. The second kappa shape index (κ2) is 5.42. The van der Waals surface area contributed by atoms with E-state index >= 15 is 0 Å². The number of halogens is 3. The van der Waals surface area contributed by atoms with Gasteiger partial charge in [0.2, 0.25) is 0 Å². The highest BCUT2D eigenvalue weighted by molar-refractivity contribution is 6.31. The van der Waals surface area contributed by atoms with Crippen molar-refractivity contribution >= 4 is 11.6 Å². The van der Waals surface area contributed by atoms with E-state index in [1.165, 1.54) is 13.0 Å². The first-order valence-corrected chi connectivity index (χ1v) is 5.14. The molecule has 1 N–H and O–H groups in total. The summed E-state index contributed by atoms with van der Waals surface area (Å²) in [5, 5.41) is 3.24. The zero-order chi connectivity index (χ0) is 11.4. The molecule has 1 fully saturated rings. The molecule has 0 amide bonds. The van der Waals surface area contributed by atoms with Crippen LogP contribution in [-0.4, -0.2) is 18.8 Å². The Kier molecular flexibility index (Phi) is 4.48. The first kappa shape index (κ1) is 12.4. The average Bonchev–Trinajstić information content (AvgIpc) is 2.49. The summed E-state index contributed by atoms with van der Waals surface area (Å²) in [5.74, 6) is -0.369. The van der Waals surface area contributed by atoms with Gasteiger partial charge < -0.3 is 5.32 Å². The standard InChI is InChI=1S/C11H14ClF2N/c1-7(3-9(12)4-8(2)13)11-5-10(14)6-15-11/h3-4,10-11,15H,1,5-6H2,2H3/b8-4+,9-3+/t10-,11+/m0/s1. The maximum Gasteiger partial charge on any atom is 0.114 e. The van der Waals surface area contributed by atoms with Gasteiger partial charge in [0.25, 0.3) is 0 Å². The molecule has 0 aromatic heterocycles. The van der Waals surface area contributed by atoms with Crippen LogP contribution in [0.2, 0.25) is 0 Å². The van der Waals surface area contributed by atoms with E-state index in [4.69, 9.17) is 11.6 Å². The van der Waals surface area contributed by atoms with Gasteiger partial charge in [-0.05, 0) is 31.1 Å². The third kappa shape index (κ3) is 4.14. The van der Waals surface area contributed by atoms with Crippen molar-refractivity contribution in [3.63, 3.8) is 0 Å². The summed E-state index contributed by atoms with van der Waals surface area (Å²) in [4.78, 5) is 0. The minimum Gasteiger partial charge on any atom is -0.307 e. The van der Waals surface area contributed by atoms with Crippen LogP contribution >= 0.6 is 11.6 Å². The highest BCUT2D eigenvalue weighted by Gasteiger charge is 2.24. The summed E-state index contributed by atoms with van der Waals surface area (Å²) >= 11 is 5.75. The Balaban J connectivity index is 2.58. The van der Waals surface area contributed by atoms with E-state index in [1.54, 1.807) is 6.08 Å². The molecule has 1 nitrogen and oxygen atoms in total. The van der Waals surface area contributed by atoms with E-state index in [1.807, 2.05) is 0 Å². The number of nitrogens with one attached hydrogen (secondary N) is 1. The lowest BCUT2D eigenvalue weighted by Crippen LogP contribution is -2.22. The average molecular weight is 234 g/mol. The first-order valence-electron chi connectivity index (χ1n) is 4.76. The van der Waals surface area contributed by atoms with Gasteiger partial charge in [0.05, 0.1) is 5.83 Å². The Morgan fingerprint density at radius 2 is 2.20 bits per heavy atom. The molecule has 0 aromatic carbocycles. The van der Waals surface area contributed by atoms with Crippen LogP contribution in [0, 0.1) is 0 Å². The first-order chi connectivity index (χ1) is 6.99. The summed E-state index contributed by atoms with van der Waals surface area (Å²) in [6.45, 7) is 5.43. The Bertz CT molecular complexity index is 306. The van der Waals surface area contributed by atoms with Crippen molar-refractivity contribution in [2.75, 3.05) is 6.54 Å². The fraction of sp³-hybridized carbons (Fsp3) is 0.455. The molecule has 0 aromatic rings. The van der Waals surface area contributed by atoms with Gasteiger partial charge in [-0.25, -0.2) is 8.78 Å². The van der Waals surface area contributed by atoms with Crippen molar-refractivity contribution in [3.05, 3.63) is 35.2 Å². The maximum atomic E-state index is 12.9. The second-order valence-corrected chi connectivity index (χ2v) is 4.07. The molecule has 0 saturated carbocycles. The maximum absolute atomic E-state index is 12.9. The van der Waals surface area contributed by atoms with Gasteiger partial charge in [0.15, 0.2) is 0 Å². The fourth-order valence-electron chi connectivity index (χ4n) is 1.48. The second-order valence-electron chi connectivity index (χ2n) is 3.63. The Hall–Kier alpha value is -0.670. The monoisotopic (exact) mass is 233 g/mol. The molecule has 15 heavy (non-hydrogen) atoms. The van der Waals surface area contributed by atoms with Gasteiger partial charge in [0.1, 0.15) is 6.17 Å². The van der Waals surface area contributed by atoms with E-state index in [9.17, 15) is 8.78 Å². The molecule has 1 heterocycles. The van der Waals surface area contributed by atoms with Gasteiger partial charge in [-0.3, -0.25) is 0 Å². The normalized spacial score (nSPS) is 28.3. The quantitative estimate of drug-likeness (QED) is 0.738. The molecule has 0 spiro atoms. The van der Waals surface area contributed by atoms with E-state index < -0.39 is 6.17 Å². The third-order valence-corrected chi connectivity index (χ3v) is 2.40. The molecule has 0 aliphatic carbocycles. The van der Waals surface area contributed by atoms with Crippen LogP contribution in [0.3, 0.4) is 0 Å². The molecular formula is C11H14ClF2N. The van der Waals surface area contributed by atoms with Crippen LogP contribution in [0.25, 0.3) is 0 Å². The molecule has 0 unspecified atom stereocenters. The lowest BCUT2D eigenvalue weighted by Gasteiger charge is -2.09. The Morgan fingerprint density at radius 1 is 1.53 bits per heavy atom. The summed E-state index contributed by atoms with van der Waals surface area (Å²) in [5.41, 5.74) is 0.678. The smallest absolute Gasteiger partial charge is 0.114 e. The van der Waals surface area contributed by atoms with E-state index in [0.717, 1.165) is 0 Å². The van der Waals surface area contributed by atoms with Crippen molar-refractivity contribution in [1.29, 1.82) is 0 Å². The number of allylic oxidation sites excluding steroid dienone is 3. The van der Waals surface area contributed by atoms with Crippen molar-refractivity contribution in [1.82, 2.24) is 5.32 Å². The van der Waals surface area contributed by atoms with Crippen LogP contribution in [0.5, 0.6) is 0 Å². The largest absolute Gasteiger partial charge is 0.307 e. The zero-order valence-corrected chi connectivity index (χ0v) is 9.32. The minimum atomic E-state index is -0.836. The van der Waals surface area contributed by atoms with Crippen LogP contribution in [0.1, 0.15) is 13.3 Å². The summed E-state index contributed by atoms with van der Waals surface area (Å²) < 4.78 is 25.3. The lowest BCUT2D eigenvalue weighted by atomic mass is 10.1. The van der Waals surface area contributed by atoms with Crippen molar-refractivity contribution < 1.29 is 8.78 Å². The minimum absolute atomic E-state index is 0.0953. The van der Waals surface area contributed by atoms with Crippen molar-refractivity contribution in [3.8, 4) is 0 Å². The lowest BCUT2D eigenvalue weighted by molar-refractivity contribution is 0.358. The van der Waals surface area contributed by atoms with Crippen LogP contribution in [0.15, 0.2) is 35.2 Å².